The van der Waals surface area contributed by atoms with Crippen LogP contribution in [0.25, 0.3) is 0 Å². The summed E-state index contributed by atoms with van der Waals surface area (Å²) in [7, 11) is 0. The Bertz CT molecular complexity index is 879. The Morgan fingerprint density at radius 3 is 2.45 bits per heavy atom. The lowest BCUT2D eigenvalue weighted by Gasteiger charge is -2.31. The first-order valence-corrected chi connectivity index (χ1v) is 10.3. The molecule has 0 bridgehead atoms. The molecule has 2 aromatic carbocycles. The second-order valence-electron chi connectivity index (χ2n) is 6.74. The van der Waals surface area contributed by atoms with Gasteiger partial charge in [0.1, 0.15) is 12.4 Å². The smallest absolute Gasteiger partial charge is 0.338 e. The van der Waals surface area contributed by atoms with E-state index in [1.54, 1.807) is 6.92 Å². The van der Waals surface area contributed by atoms with Crippen LogP contribution in [0.1, 0.15) is 43.9 Å². The minimum absolute atomic E-state index is 0.325. The summed E-state index contributed by atoms with van der Waals surface area (Å²) in [6.07, 6.45) is 1.62. The Morgan fingerprint density at radius 2 is 1.79 bits per heavy atom. The number of nitrogens with one attached hydrogen (secondary N) is 2. The normalized spacial score (nSPS) is 16.1. The monoisotopic (exact) mass is 410 g/mol. The predicted molar refractivity (Wildman–Crippen MR) is 117 cm³/mol. The average molecular weight is 411 g/mol. The molecule has 0 aromatic heterocycles. The molecule has 5 nitrogen and oxygen atoms in total. The van der Waals surface area contributed by atoms with Crippen LogP contribution in [0.4, 0.5) is 0 Å². The quantitative estimate of drug-likeness (QED) is 0.497. The number of hydrogen-bond donors (Lipinski definition) is 2. The maximum Gasteiger partial charge on any atom is 0.338 e. The molecule has 1 atom stereocenters. The molecule has 0 fully saturated rings. The summed E-state index contributed by atoms with van der Waals surface area (Å²) in [6.45, 7) is 4.70. The van der Waals surface area contributed by atoms with Gasteiger partial charge in [0.2, 0.25) is 0 Å². The number of hydrogen-bond acceptors (Lipinski definition) is 4. The van der Waals surface area contributed by atoms with Crippen molar-refractivity contribution in [2.45, 2.75) is 39.3 Å². The molecule has 0 unspecified atom stereocenters. The molecule has 29 heavy (non-hydrogen) atoms. The zero-order valence-corrected chi connectivity index (χ0v) is 17.6. The fraction of sp³-hybridized carbons (Fsp3) is 0.304. The van der Waals surface area contributed by atoms with Gasteiger partial charge in [-0.2, -0.15) is 0 Å². The van der Waals surface area contributed by atoms with Crippen LogP contribution in [0.2, 0.25) is 0 Å². The van der Waals surface area contributed by atoms with Crippen molar-refractivity contribution < 1.29 is 14.3 Å². The van der Waals surface area contributed by atoms with E-state index in [1.807, 2.05) is 54.6 Å². The van der Waals surface area contributed by atoms with Crippen LogP contribution in [0.15, 0.2) is 65.9 Å². The Hall–Kier alpha value is -2.86. The van der Waals surface area contributed by atoms with Crippen molar-refractivity contribution in [1.29, 1.82) is 0 Å². The third-order valence-corrected chi connectivity index (χ3v) is 4.83. The molecule has 0 saturated heterocycles. The molecule has 2 aromatic rings. The highest BCUT2D eigenvalue weighted by Gasteiger charge is 2.32. The first-order valence-electron chi connectivity index (χ1n) is 9.86. The lowest BCUT2D eigenvalue weighted by molar-refractivity contribution is -0.139. The second-order valence-corrected chi connectivity index (χ2v) is 7.15. The summed E-state index contributed by atoms with van der Waals surface area (Å²) < 4.78 is 11.2. The SMILES string of the molecule is CCCC1=C(C(=O)OCC)[C@@H](c2ccc(OCc3ccccc3)cc2)NC(=S)N1. The molecule has 3 rings (SSSR count). The number of carbonyl (C=O) groups is 1. The van der Waals surface area contributed by atoms with E-state index in [0.29, 0.717) is 23.9 Å². The Morgan fingerprint density at radius 1 is 1.07 bits per heavy atom. The van der Waals surface area contributed by atoms with Gasteiger partial charge in [0.05, 0.1) is 18.2 Å². The number of esters is 1. The van der Waals surface area contributed by atoms with Crippen molar-refractivity contribution in [1.82, 2.24) is 10.6 Å². The van der Waals surface area contributed by atoms with Gasteiger partial charge in [0.25, 0.3) is 0 Å². The number of thiocarbonyl (C=S) groups is 1. The molecule has 6 heteroatoms. The number of rotatable bonds is 8. The van der Waals surface area contributed by atoms with Gasteiger partial charge < -0.3 is 20.1 Å². The van der Waals surface area contributed by atoms with Gasteiger partial charge in [-0.15, -0.1) is 0 Å². The lowest BCUT2D eigenvalue weighted by Crippen LogP contribution is -2.45. The highest BCUT2D eigenvalue weighted by atomic mass is 32.1. The first-order chi connectivity index (χ1) is 14.1. The average Bonchev–Trinajstić information content (AvgIpc) is 2.73. The van der Waals surface area contributed by atoms with Crippen LogP contribution in [0.3, 0.4) is 0 Å². The van der Waals surface area contributed by atoms with Crippen LogP contribution in [0, 0.1) is 0 Å². The Balaban J connectivity index is 1.81. The van der Waals surface area contributed by atoms with Crippen LogP contribution in [0.5, 0.6) is 5.75 Å². The minimum atomic E-state index is -0.354. The van der Waals surface area contributed by atoms with E-state index >= 15 is 0 Å². The Labute approximate surface area is 177 Å². The molecule has 0 spiro atoms. The summed E-state index contributed by atoms with van der Waals surface area (Å²) in [4.78, 5) is 12.7. The van der Waals surface area contributed by atoms with Gasteiger partial charge in [-0.05, 0) is 48.8 Å². The van der Waals surface area contributed by atoms with Gasteiger partial charge in [-0.25, -0.2) is 4.79 Å². The predicted octanol–water partition coefficient (Wildman–Crippen LogP) is 4.40. The van der Waals surface area contributed by atoms with Crippen molar-refractivity contribution in [2.24, 2.45) is 0 Å². The maximum absolute atomic E-state index is 12.7. The van der Waals surface area contributed by atoms with Crippen LogP contribution in [-0.4, -0.2) is 17.7 Å². The summed E-state index contributed by atoms with van der Waals surface area (Å²) in [5.41, 5.74) is 3.45. The van der Waals surface area contributed by atoms with Crippen LogP contribution in [-0.2, 0) is 16.1 Å². The van der Waals surface area contributed by atoms with E-state index in [9.17, 15) is 4.79 Å². The van der Waals surface area contributed by atoms with Crippen molar-refractivity contribution in [3.8, 4) is 5.75 Å². The van der Waals surface area contributed by atoms with Crippen LogP contribution >= 0.6 is 12.2 Å². The van der Waals surface area contributed by atoms with E-state index < -0.39 is 0 Å². The lowest BCUT2D eigenvalue weighted by atomic mass is 9.94. The maximum atomic E-state index is 12.7. The van der Waals surface area contributed by atoms with E-state index in [1.165, 1.54) is 0 Å². The van der Waals surface area contributed by atoms with Crippen molar-refractivity contribution >= 4 is 23.3 Å². The molecule has 0 saturated carbocycles. The molecule has 1 heterocycles. The number of allylic oxidation sites excluding steroid dienone is 1. The van der Waals surface area contributed by atoms with Crippen molar-refractivity contribution in [3.63, 3.8) is 0 Å². The molecule has 1 aliphatic rings. The third-order valence-electron chi connectivity index (χ3n) is 4.61. The zero-order chi connectivity index (χ0) is 20.6. The molecule has 2 N–H and O–H groups in total. The third kappa shape index (κ3) is 5.35. The van der Waals surface area contributed by atoms with Crippen LogP contribution < -0.4 is 15.4 Å². The number of carbonyl (C=O) groups excluding carboxylic acids is 1. The van der Waals surface area contributed by atoms with Crippen molar-refractivity contribution in [2.75, 3.05) is 6.61 Å². The summed E-state index contributed by atoms with van der Waals surface area (Å²) in [5, 5.41) is 6.85. The molecule has 1 aliphatic heterocycles. The first kappa shape index (κ1) is 20.9. The summed E-state index contributed by atoms with van der Waals surface area (Å²) in [6, 6.07) is 17.4. The molecule has 0 radical (unpaired) electrons. The second kappa shape index (κ2) is 10.1. The molecular weight excluding hydrogens is 384 g/mol. The van der Waals surface area contributed by atoms with Gasteiger partial charge >= 0.3 is 5.97 Å². The van der Waals surface area contributed by atoms with E-state index in [-0.39, 0.29) is 12.0 Å². The fourth-order valence-electron chi connectivity index (χ4n) is 3.26. The molecule has 152 valence electrons. The van der Waals surface area contributed by atoms with Gasteiger partial charge in [0.15, 0.2) is 5.11 Å². The minimum Gasteiger partial charge on any atom is -0.489 e. The molecular formula is C23H26N2O3S. The summed E-state index contributed by atoms with van der Waals surface area (Å²) in [5.74, 6) is 0.442. The number of benzene rings is 2. The summed E-state index contributed by atoms with van der Waals surface area (Å²) >= 11 is 5.37. The molecule has 0 amide bonds. The van der Waals surface area contributed by atoms with Gasteiger partial charge in [-0.3, -0.25) is 0 Å². The zero-order valence-electron chi connectivity index (χ0n) is 16.7. The van der Waals surface area contributed by atoms with Crippen molar-refractivity contribution in [3.05, 3.63) is 77.0 Å². The Kier molecular flexibility index (Phi) is 7.25. The standard InChI is InChI=1S/C23H26N2O3S/c1-3-8-19-20(22(26)27-4-2)21(25-23(29)24-19)17-11-13-18(14-12-17)28-15-16-9-6-5-7-10-16/h5-7,9-14,21H,3-4,8,15H2,1-2H3,(H2,24,25,29)/t21-/m1/s1. The molecule has 0 aliphatic carbocycles. The van der Waals surface area contributed by atoms with Gasteiger partial charge in [-0.1, -0.05) is 55.8 Å². The van der Waals surface area contributed by atoms with Gasteiger partial charge in [0, 0.05) is 5.70 Å². The van der Waals surface area contributed by atoms with E-state index in [0.717, 1.165) is 35.4 Å². The largest absolute Gasteiger partial charge is 0.489 e. The topological polar surface area (TPSA) is 59.6 Å². The van der Waals surface area contributed by atoms with E-state index in [4.69, 9.17) is 21.7 Å². The highest BCUT2D eigenvalue weighted by molar-refractivity contribution is 7.80. The van der Waals surface area contributed by atoms with E-state index in [2.05, 4.69) is 17.6 Å². The fourth-order valence-corrected chi connectivity index (χ4v) is 3.50. The number of ether oxygens (including phenoxy) is 2. The highest BCUT2D eigenvalue weighted by Crippen LogP contribution is 2.30.